The van der Waals surface area contributed by atoms with E-state index in [-0.39, 0.29) is 17.2 Å². The van der Waals surface area contributed by atoms with Crippen molar-refractivity contribution in [2.45, 2.75) is 58.9 Å². The Morgan fingerprint density at radius 3 is 2.51 bits per heavy atom. The zero-order valence-corrected chi connectivity index (χ0v) is 21.7. The molecular weight excluding hydrogens is 454 g/mol. The molecule has 0 radical (unpaired) electrons. The summed E-state index contributed by atoms with van der Waals surface area (Å²) >= 11 is 1.51. The summed E-state index contributed by atoms with van der Waals surface area (Å²) in [5, 5.41) is 4.36. The van der Waals surface area contributed by atoms with Crippen molar-refractivity contribution < 1.29 is 4.79 Å². The molecule has 0 amide bonds. The molecule has 0 saturated carbocycles. The SMILES string of the molecule is Cc1cc(-c2ccnc(NC(C)c3ccncc3)n2)ccc1CCC(=O)c1cnc(C(C)(C)C)s1. The lowest BCUT2D eigenvalue weighted by Crippen LogP contribution is -2.09. The zero-order chi connectivity index (χ0) is 25.0. The lowest BCUT2D eigenvalue weighted by atomic mass is 9.98. The van der Waals surface area contributed by atoms with Crippen LogP contribution in [0.25, 0.3) is 11.3 Å². The summed E-state index contributed by atoms with van der Waals surface area (Å²) in [4.78, 5) is 31.1. The van der Waals surface area contributed by atoms with Crippen molar-refractivity contribution >= 4 is 23.1 Å². The van der Waals surface area contributed by atoms with Gasteiger partial charge in [0.05, 0.1) is 21.6 Å². The number of nitrogens with zero attached hydrogens (tertiary/aromatic N) is 4. The average Bonchev–Trinajstić information content (AvgIpc) is 3.35. The van der Waals surface area contributed by atoms with Gasteiger partial charge < -0.3 is 5.32 Å². The maximum absolute atomic E-state index is 12.7. The Bertz CT molecular complexity index is 1310. The summed E-state index contributed by atoms with van der Waals surface area (Å²) in [7, 11) is 0. The van der Waals surface area contributed by atoms with Crippen molar-refractivity contribution in [1.29, 1.82) is 0 Å². The van der Waals surface area contributed by atoms with Crippen LogP contribution in [0.2, 0.25) is 0 Å². The van der Waals surface area contributed by atoms with Crippen LogP contribution in [0.3, 0.4) is 0 Å². The molecule has 1 atom stereocenters. The van der Waals surface area contributed by atoms with Crippen molar-refractivity contribution in [2.24, 2.45) is 0 Å². The Balaban J connectivity index is 1.42. The first kappa shape index (κ1) is 24.7. The van der Waals surface area contributed by atoms with Gasteiger partial charge in [0, 0.05) is 42.2 Å². The lowest BCUT2D eigenvalue weighted by molar-refractivity contribution is 0.0986. The number of aryl methyl sites for hydroxylation is 2. The van der Waals surface area contributed by atoms with Crippen LogP contribution in [0.5, 0.6) is 0 Å². The van der Waals surface area contributed by atoms with E-state index in [9.17, 15) is 4.79 Å². The highest BCUT2D eigenvalue weighted by Crippen LogP contribution is 2.28. The molecule has 0 aliphatic carbocycles. The van der Waals surface area contributed by atoms with Crippen LogP contribution < -0.4 is 5.32 Å². The van der Waals surface area contributed by atoms with Gasteiger partial charge in [0.1, 0.15) is 0 Å². The monoisotopic (exact) mass is 485 g/mol. The fraction of sp³-hybridized carbons (Fsp3) is 0.321. The average molecular weight is 486 g/mol. The Morgan fingerprint density at radius 2 is 1.83 bits per heavy atom. The third-order valence-electron chi connectivity index (χ3n) is 5.89. The van der Waals surface area contributed by atoms with Crippen molar-refractivity contribution in [1.82, 2.24) is 19.9 Å². The number of Topliss-reactive ketones (excluding diaryl/α,β-unsaturated/α-hetero) is 1. The van der Waals surface area contributed by atoms with E-state index in [1.807, 2.05) is 18.2 Å². The van der Waals surface area contributed by atoms with Gasteiger partial charge in [-0.3, -0.25) is 9.78 Å². The summed E-state index contributed by atoms with van der Waals surface area (Å²) < 4.78 is 0. The summed E-state index contributed by atoms with van der Waals surface area (Å²) in [5.74, 6) is 0.731. The molecule has 0 saturated heterocycles. The second-order valence-corrected chi connectivity index (χ2v) is 10.8. The topological polar surface area (TPSA) is 80.7 Å². The predicted octanol–water partition coefficient (Wildman–Crippen LogP) is 6.59. The Kier molecular flexibility index (Phi) is 7.36. The first-order chi connectivity index (χ1) is 16.7. The van der Waals surface area contributed by atoms with Gasteiger partial charge in [-0.2, -0.15) is 0 Å². The van der Waals surface area contributed by atoms with Gasteiger partial charge in [-0.1, -0.05) is 32.9 Å². The fourth-order valence-corrected chi connectivity index (χ4v) is 4.72. The van der Waals surface area contributed by atoms with Gasteiger partial charge in [0.25, 0.3) is 0 Å². The van der Waals surface area contributed by atoms with E-state index >= 15 is 0 Å². The first-order valence-electron chi connectivity index (χ1n) is 11.8. The van der Waals surface area contributed by atoms with Crippen LogP contribution in [0.4, 0.5) is 5.95 Å². The quantitative estimate of drug-likeness (QED) is 0.284. The maximum atomic E-state index is 12.7. The molecule has 0 fully saturated rings. The molecule has 0 aliphatic heterocycles. The first-order valence-corrected chi connectivity index (χ1v) is 12.6. The number of aromatic nitrogens is 4. The number of rotatable bonds is 8. The van der Waals surface area contributed by atoms with Crippen LogP contribution in [0.1, 0.15) is 71.5 Å². The van der Waals surface area contributed by atoms with E-state index in [0.717, 1.165) is 32.3 Å². The molecule has 7 heteroatoms. The van der Waals surface area contributed by atoms with Gasteiger partial charge in [-0.25, -0.2) is 15.0 Å². The van der Waals surface area contributed by atoms with E-state index in [1.54, 1.807) is 24.8 Å². The number of carbonyl (C=O) groups excluding carboxylic acids is 1. The molecule has 3 heterocycles. The summed E-state index contributed by atoms with van der Waals surface area (Å²) in [6, 6.07) is 12.2. The number of thiazole rings is 1. The lowest BCUT2D eigenvalue weighted by Gasteiger charge is -2.14. The molecule has 180 valence electrons. The van der Waals surface area contributed by atoms with Crippen LogP contribution in [0, 0.1) is 6.92 Å². The Morgan fingerprint density at radius 1 is 1.06 bits per heavy atom. The molecule has 3 aromatic heterocycles. The van der Waals surface area contributed by atoms with Gasteiger partial charge >= 0.3 is 0 Å². The number of anilines is 1. The Labute approximate surface area is 210 Å². The second kappa shape index (κ2) is 10.4. The highest BCUT2D eigenvalue weighted by atomic mass is 32.1. The fourth-order valence-electron chi connectivity index (χ4n) is 3.77. The van der Waals surface area contributed by atoms with E-state index in [4.69, 9.17) is 4.98 Å². The molecule has 1 aromatic carbocycles. The number of carbonyl (C=O) groups is 1. The summed E-state index contributed by atoms with van der Waals surface area (Å²) in [6.45, 7) is 10.5. The minimum Gasteiger partial charge on any atom is -0.348 e. The van der Waals surface area contributed by atoms with E-state index in [0.29, 0.717) is 18.8 Å². The minimum absolute atomic E-state index is 0.0386. The smallest absolute Gasteiger partial charge is 0.223 e. The van der Waals surface area contributed by atoms with Crippen molar-refractivity contribution in [2.75, 3.05) is 5.32 Å². The summed E-state index contributed by atoms with van der Waals surface area (Å²) in [5.41, 5.74) is 5.28. The normalized spacial score (nSPS) is 12.4. The number of hydrogen-bond acceptors (Lipinski definition) is 7. The minimum atomic E-state index is -0.0386. The van der Waals surface area contributed by atoms with Crippen LogP contribution in [-0.2, 0) is 11.8 Å². The van der Waals surface area contributed by atoms with Gasteiger partial charge in [-0.05, 0) is 61.2 Å². The van der Waals surface area contributed by atoms with E-state index < -0.39 is 0 Å². The van der Waals surface area contributed by atoms with Crippen molar-refractivity contribution in [3.63, 3.8) is 0 Å². The second-order valence-electron chi connectivity index (χ2n) is 9.76. The van der Waals surface area contributed by atoms with Gasteiger partial charge in [0.2, 0.25) is 5.95 Å². The summed E-state index contributed by atoms with van der Waals surface area (Å²) in [6.07, 6.45) is 8.23. The molecule has 0 spiro atoms. The third-order valence-corrected chi connectivity index (χ3v) is 7.35. The van der Waals surface area contributed by atoms with Crippen molar-refractivity contribution in [3.8, 4) is 11.3 Å². The number of ketones is 1. The van der Waals surface area contributed by atoms with Crippen LogP contribution in [0.15, 0.2) is 61.2 Å². The van der Waals surface area contributed by atoms with Crippen LogP contribution in [-0.4, -0.2) is 25.7 Å². The Hall–Kier alpha value is -3.45. The molecule has 4 rings (SSSR count). The molecule has 1 unspecified atom stereocenters. The molecule has 0 bridgehead atoms. The predicted molar refractivity (Wildman–Crippen MR) is 142 cm³/mol. The number of hydrogen-bond donors (Lipinski definition) is 1. The molecule has 4 aromatic rings. The van der Waals surface area contributed by atoms with Gasteiger partial charge in [-0.15, -0.1) is 11.3 Å². The molecular formula is C28H31N5OS. The van der Waals surface area contributed by atoms with Crippen LogP contribution >= 0.6 is 11.3 Å². The molecule has 0 aliphatic rings. The van der Waals surface area contributed by atoms with Gasteiger partial charge in [0.15, 0.2) is 5.78 Å². The molecule has 6 nitrogen and oxygen atoms in total. The number of pyridine rings is 1. The van der Waals surface area contributed by atoms with E-state index in [1.165, 1.54) is 16.9 Å². The number of benzene rings is 1. The highest BCUT2D eigenvalue weighted by Gasteiger charge is 2.20. The standard InChI is InChI=1S/C28H31N5OS/c1-18-16-22(23-12-15-30-27(33-23)32-19(2)21-10-13-29-14-11-21)7-6-20(18)8-9-24(34)25-17-31-26(35-25)28(3,4)5/h6-7,10-17,19H,8-9H2,1-5H3,(H,30,32,33). The zero-order valence-electron chi connectivity index (χ0n) is 20.9. The highest BCUT2D eigenvalue weighted by molar-refractivity contribution is 7.13. The molecule has 1 N–H and O–H groups in total. The maximum Gasteiger partial charge on any atom is 0.223 e. The molecule has 35 heavy (non-hydrogen) atoms. The third kappa shape index (κ3) is 6.17. The largest absolute Gasteiger partial charge is 0.348 e. The van der Waals surface area contributed by atoms with E-state index in [2.05, 4.69) is 73.1 Å². The van der Waals surface area contributed by atoms with Crippen molar-refractivity contribution in [3.05, 3.63) is 87.8 Å². The number of nitrogens with one attached hydrogen (secondary N) is 1.